The molecule has 2 nitrogen and oxygen atoms in total. The van der Waals surface area contributed by atoms with Gasteiger partial charge in [0.25, 0.3) is 0 Å². The summed E-state index contributed by atoms with van der Waals surface area (Å²) in [4.78, 5) is 0. The van der Waals surface area contributed by atoms with Gasteiger partial charge in [-0.15, -0.1) is 0 Å². The molecule has 2 rings (SSSR count). The highest BCUT2D eigenvalue weighted by atomic mass is 14.9. The molecule has 2 heteroatoms. The molecular formula is C15H24N2. The molecule has 0 heterocycles. The lowest BCUT2D eigenvalue weighted by molar-refractivity contribution is 0.232. The van der Waals surface area contributed by atoms with Crippen LogP contribution >= 0.6 is 0 Å². The third-order valence-electron chi connectivity index (χ3n) is 4.02. The van der Waals surface area contributed by atoms with Gasteiger partial charge in [-0.3, -0.25) is 0 Å². The van der Waals surface area contributed by atoms with Crippen molar-refractivity contribution in [2.45, 2.75) is 52.5 Å². The van der Waals surface area contributed by atoms with Gasteiger partial charge in [0.05, 0.1) is 11.4 Å². The fraction of sp³-hybridized carbons (Fsp3) is 0.600. The van der Waals surface area contributed by atoms with E-state index in [9.17, 15) is 0 Å². The molecule has 0 saturated heterocycles. The van der Waals surface area contributed by atoms with Gasteiger partial charge in [-0.05, 0) is 49.7 Å². The van der Waals surface area contributed by atoms with Crippen LogP contribution < -0.4 is 11.1 Å². The lowest BCUT2D eigenvalue weighted by Gasteiger charge is -2.35. The first-order valence-corrected chi connectivity index (χ1v) is 6.59. The normalized spacial score (nSPS) is 20.2. The van der Waals surface area contributed by atoms with Gasteiger partial charge in [0, 0.05) is 6.04 Å². The van der Waals surface area contributed by atoms with Crippen LogP contribution in [0.25, 0.3) is 0 Å². The Bertz CT molecular complexity index is 386. The predicted molar refractivity (Wildman–Crippen MR) is 75.3 cm³/mol. The fourth-order valence-corrected chi connectivity index (χ4v) is 2.57. The maximum Gasteiger partial charge on any atom is 0.0579 e. The Morgan fingerprint density at radius 1 is 1.24 bits per heavy atom. The van der Waals surface area contributed by atoms with Gasteiger partial charge in [0.15, 0.2) is 0 Å². The Hall–Kier alpha value is -1.18. The second-order valence-electron chi connectivity index (χ2n) is 6.12. The van der Waals surface area contributed by atoms with Crippen LogP contribution in [0.4, 0.5) is 11.4 Å². The molecule has 0 unspecified atom stereocenters. The number of hydrogen-bond donors (Lipinski definition) is 2. The van der Waals surface area contributed by atoms with Gasteiger partial charge in [0.2, 0.25) is 0 Å². The summed E-state index contributed by atoms with van der Waals surface area (Å²) >= 11 is 0. The first kappa shape index (κ1) is 12.3. The molecule has 0 aliphatic heterocycles. The monoisotopic (exact) mass is 232 g/mol. The zero-order chi connectivity index (χ0) is 12.5. The minimum atomic E-state index is 0.524. The topological polar surface area (TPSA) is 38.0 Å². The molecule has 0 radical (unpaired) electrons. The highest BCUT2D eigenvalue weighted by Crippen LogP contribution is 2.36. The Morgan fingerprint density at radius 3 is 2.53 bits per heavy atom. The highest BCUT2D eigenvalue weighted by molar-refractivity contribution is 5.69. The van der Waals surface area contributed by atoms with Crippen LogP contribution in [0.15, 0.2) is 18.2 Å². The van der Waals surface area contributed by atoms with E-state index in [1.54, 1.807) is 0 Å². The number of benzene rings is 1. The third kappa shape index (κ3) is 2.93. The third-order valence-corrected chi connectivity index (χ3v) is 4.02. The average Bonchev–Trinajstić information content (AvgIpc) is 2.27. The molecule has 0 amide bonds. The summed E-state index contributed by atoms with van der Waals surface area (Å²) in [5.74, 6) is 0. The quantitative estimate of drug-likeness (QED) is 0.757. The van der Waals surface area contributed by atoms with Crippen LogP contribution in [-0.4, -0.2) is 6.04 Å². The lowest BCUT2D eigenvalue weighted by Crippen LogP contribution is -2.30. The van der Waals surface area contributed by atoms with Crippen LogP contribution in [0, 0.1) is 12.3 Å². The number of nitrogens with two attached hydrogens (primary N) is 1. The Morgan fingerprint density at radius 2 is 1.88 bits per heavy atom. The fourth-order valence-electron chi connectivity index (χ4n) is 2.57. The van der Waals surface area contributed by atoms with Gasteiger partial charge in [-0.25, -0.2) is 0 Å². The Balaban J connectivity index is 2.00. The molecule has 1 aliphatic rings. The molecule has 0 aromatic heterocycles. The first-order chi connectivity index (χ1) is 7.98. The smallest absolute Gasteiger partial charge is 0.0579 e. The number of aryl methyl sites for hydroxylation is 1. The molecule has 0 atom stereocenters. The number of hydrogen-bond acceptors (Lipinski definition) is 2. The maximum absolute atomic E-state index is 6.09. The molecular weight excluding hydrogens is 208 g/mol. The highest BCUT2D eigenvalue weighted by Gasteiger charge is 2.26. The van der Waals surface area contributed by atoms with E-state index in [2.05, 4.69) is 44.3 Å². The summed E-state index contributed by atoms with van der Waals surface area (Å²) in [6.07, 6.45) is 5.10. The van der Waals surface area contributed by atoms with Crippen LogP contribution in [0.2, 0.25) is 0 Å². The standard InChI is InChI=1S/C15H24N2/c1-11-5-4-6-13(14(11)16)17-12-7-9-15(2,3)10-8-12/h4-6,12,17H,7-10,16H2,1-3H3. The number of nitrogens with one attached hydrogen (secondary N) is 1. The van der Waals surface area contributed by atoms with Crippen LogP contribution in [0.5, 0.6) is 0 Å². The second-order valence-corrected chi connectivity index (χ2v) is 6.12. The van der Waals surface area contributed by atoms with Crippen LogP contribution in [0.1, 0.15) is 45.1 Å². The van der Waals surface area contributed by atoms with Gasteiger partial charge >= 0.3 is 0 Å². The zero-order valence-electron chi connectivity index (χ0n) is 11.2. The van der Waals surface area contributed by atoms with Crippen molar-refractivity contribution in [3.63, 3.8) is 0 Å². The van der Waals surface area contributed by atoms with Crippen LogP contribution in [-0.2, 0) is 0 Å². The molecule has 94 valence electrons. The summed E-state index contributed by atoms with van der Waals surface area (Å²) in [5.41, 5.74) is 9.78. The largest absolute Gasteiger partial charge is 0.397 e. The first-order valence-electron chi connectivity index (χ1n) is 6.59. The molecule has 1 fully saturated rings. The molecule has 1 saturated carbocycles. The minimum absolute atomic E-state index is 0.524. The van der Waals surface area contributed by atoms with Crippen LogP contribution in [0.3, 0.4) is 0 Å². The molecule has 1 aromatic carbocycles. The van der Waals surface area contributed by atoms with E-state index in [-0.39, 0.29) is 0 Å². The second kappa shape index (κ2) is 4.59. The van der Waals surface area contributed by atoms with Gasteiger partial charge in [0.1, 0.15) is 0 Å². The van der Waals surface area contributed by atoms with Gasteiger partial charge in [-0.1, -0.05) is 26.0 Å². The minimum Gasteiger partial charge on any atom is -0.397 e. The lowest BCUT2D eigenvalue weighted by atomic mass is 9.75. The molecule has 0 bridgehead atoms. The van der Waals surface area contributed by atoms with E-state index in [4.69, 9.17) is 5.73 Å². The summed E-state index contributed by atoms with van der Waals surface area (Å²) in [5, 5.41) is 3.60. The molecule has 3 N–H and O–H groups in total. The summed E-state index contributed by atoms with van der Waals surface area (Å²) in [6.45, 7) is 6.79. The van der Waals surface area contributed by atoms with Gasteiger partial charge < -0.3 is 11.1 Å². The van der Waals surface area contributed by atoms with E-state index in [1.165, 1.54) is 25.7 Å². The van der Waals surface area contributed by atoms with E-state index in [1.807, 2.05) is 0 Å². The summed E-state index contributed by atoms with van der Waals surface area (Å²) in [6, 6.07) is 6.81. The maximum atomic E-state index is 6.09. The summed E-state index contributed by atoms with van der Waals surface area (Å²) < 4.78 is 0. The number of para-hydroxylation sites is 1. The van der Waals surface area contributed by atoms with E-state index in [0.29, 0.717) is 11.5 Å². The molecule has 1 aliphatic carbocycles. The molecule has 0 spiro atoms. The van der Waals surface area contributed by atoms with Crippen molar-refractivity contribution in [2.75, 3.05) is 11.1 Å². The van der Waals surface area contributed by atoms with E-state index >= 15 is 0 Å². The Labute approximate surface area is 105 Å². The van der Waals surface area contributed by atoms with Crippen molar-refractivity contribution in [1.29, 1.82) is 0 Å². The number of anilines is 2. The van der Waals surface area contributed by atoms with Crippen molar-refractivity contribution >= 4 is 11.4 Å². The van der Waals surface area contributed by atoms with Crippen molar-refractivity contribution < 1.29 is 0 Å². The van der Waals surface area contributed by atoms with Gasteiger partial charge in [-0.2, -0.15) is 0 Å². The number of nitrogen functional groups attached to an aromatic ring is 1. The molecule has 1 aromatic rings. The SMILES string of the molecule is Cc1cccc(NC2CCC(C)(C)CC2)c1N. The van der Waals surface area contributed by atoms with Crippen molar-refractivity contribution in [3.8, 4) is 0 Å². The molecule has 17 heavy (non-hydrogen) atoms. The van der Waals surface area contributed by atoms with Crippen molar-refractivity contribution in [1.82, 2.24) is 0 Å². The summed E-state index contributed by atoms with van der Waals surface area (Å²) in [7, 11) is 0. The average molecular weight is 232 g/mol. The van der Waals surface area contributed by atoms with Crippen molar-refractivity contribution in [3.05, 3.63) is 23.8 Å². The van der Waals surface area contributed by atoms with Crippen molar-refractivity contribution in [2.24, 2.45) is 5.41 Å². The zero-order valence-corrected chi connectivity index (χ0v) is 11.2. The van der Waals surface area contributed by atoms with E-state index in [0.717, 1.165) is 16.9 Å². The number of rotatable bonds is 2. The predicted octanol–water partition coefficient (Wildman–Crippen LogP) is 3.96. The van der Waals surface area contributed by atoms with E-state index < -0.39 is 0 Å². The Kier molecular flexibility index (Phi) is 3.32.